The van der Waals surface area contributed by atoms with Crippen molar-refractivity contribution in [2.24, 2.45) is 7.05 Å². The van der Waals surface area contributed by atoms with Crippen LogP contribution < -0.4 is 5.32 Å². The van der Waals surface area contributed by atoms with Gasteiger partial charge in [-0.25, -0.2) is 0 Å². The average molecular weight is 230 g/mol. The van der Waals surface area contributed by atoms with Crippen LogP contribution in [0.5, 0.6) is 0 Å². The normalized spacial score (nSPS) is 12.6. The SMILES string of the molecule is CCNC(c1cccc(C)n1)c1ccn(C)n1. The summed E-state index contributed by atoms with van der Waals surface area (Å²) in [7, 11) is 1.93. The Kier molecular flexibility index (Phi) is 3.54. The third-order valence-electron chi connectivity index (χ3n) is 2.64. The molecular weight excluding hydrogens is 212 g/mol. The molecule has 0 aliphatic carbocycles. The highest BCUT2D eigenvalue weighted by atomic mass is 15.3. The fraction of sp³-hybridized carbons (Fsp3) is 0.385. The Hall–Kier alpha value is -1.68. The van der Waals surface area contributed by atoms with Crippen LogP contribution in [0.1, 0.15) is 30.0 Å². The number of aromatic nitrogens is 3. The number of hydrogen-bond acceptors (Lipinski definition) is 3. The van der Waals surface area contributed by atoms with Crippen molar-refractivity contribution < 1.29 is 0 Å². The summed E-state index contributed by atoms with van der Waals surface area (Å²) in [5.74, 6) is 0. The molecule has 0 saturated carbocycles. The van der Waals surface area contributed by atoms with Crippen molar-refractivity contribution in [2.75, 3.05) is 6.54 Å². The number of pyridine rings is 1. The van der Waals surface area contributed by atoms with Crippen LogP contribution in [0, 0.1) is 6.92 Å². The van der Waals surface area contributed by atoms with Gasteiger partial charge in [0.05, 0.1) is 17.4 Å². The van der Waals surface area contributed by atoms with Gasteiger partial charge in [-0.3, -0.25) is 9.67 Å². The molecule has 0 aromatic carbocycles. The van der Waals surface area contributed by atoms with Crippen LogP contribution in [0.4, 0.5) is 0 Å². The number of nitrogens with zero attached hydrogens (tertiary/aromatic N) is 3. The summed E-state index contributed by atoms with van der Waals surface area (Å²) in [6, 6.07) is 8.17. The Morgan fingerprint density at radius 1 is 1.29 bits per heavy atom. The van der Waals surface area contributed by atoms with Crippen LogP contribution in [-0.2, 0) is 7.05 Å². The fourth-order valence-electron chi connectivity index (χ4n) is 1.88. The van der Waals surface area contributed by atoms with Gasteiger partial charge < -0.3 is 5.32 Å². The molecule has 2 rings (SSSR count). The van der Waals surface area contributed by atoms with E-state index in [0.717, 1.165) is 23.6 Å². The van der Waals surface area contributed by atoms with Crippen molar-refractivity contribution >= 4 is 0 Å². The molecule has 17 heavy (non-hydrogen) atoms. The second-order valence-corrected chi connectivity index (χ2v) is 4.11. The molecule has 0 radical (unpaired) electrons. The zero-order valence-electron chi connectivity index (χ0n) is 10.5. The zero-order chi connectivity index (χ0) is 12.3. The van der Waals surface area contributed by atoms with Crippen molar-refractivity contribution in [3.63, 3.8) is 0 Å². The highest BCUT2D eigenvalue weighted by Crippen LogP contribution is 2.18. The number of nitrogens with one attached hydrogen (secondary N) is 1. The molecule has 0 saturated heterocycles. The second kappa shape index (κ2) is 5.10. The quantitative estimate of drug-likeness (QED) is 0.871. The summed E-state index contributed by atoms with van der Waals surface area (Å²) in [5, 5.41) is 7.87. The molecule has 1 atom stereocenters. The second-order valence-electron chi connectivity index (χ2n) is 4.11. The van der Waals surface area contributed by atoms with Crippen molar-refractivity contribution in [2.45, 2.75) is 19.9 Å². The average Bonchev–Trinajstić information content (AvgIpc) is 2.72. The predicted molar refractivity (Wildman–Crippen MR) is 67.7 cm³/mol. The van der Waals surface area contributed by atoms with E-state index in [1.807, 2.05) is 49.1 Å². The molecule has 0 aliphatic rings. The molecule has 0 bridgehead atoms. The lowest BCUT2D eigenvalue weighted by atomic mass is 10.1. The van der Waals surface area contributed by atoms with Gasteiger partial charge in [-0.2, -0.15) is 5.10 Å². The van der Waals surface area contributed by atoms with Crippen molar-refractivity contribution in [1.82, 2.24) is 20.1 Å². The van der Waals surface area contributed by atoms with Gasteiger partial charge in [-0.15, -0.1) is 0 Å². The molecule has 90 valence electrons. The summed E-state index contributed by atoms with van der Waals surface area (Å²) in [4.78, 5) is 4.57. The molecule has 2 aromatic heterocycles. The van der Waals surface area contributed by atoms with Gasteiger partial charge in [0.2, 0.25) is 0 Å². The number of aryl methyl sites for hydroxylation is 2. The molecule has 1 N–H and O–H groups in total. The Labute approximate surface area is 102 Å². The molecular formula is C13H18N4. The summed E-state index contributed by atoms with van der Waals surface area (Å²) in [6.07, 6.45) is 1.95. The van der Waals surface area contributed by atoms with Gasteiger partial charge >= 0.3 is 0 Å². The van der Waals surface area contributed by atoms with E-state index in [-0.39, 0.29) is 6.04 Å². The zero-order valence-corrected chi connectivity index (χ0v) is 10.5. The van der Waals surface area contributed by atoms with E-state index in [2.05, 4.69) is 22.3 Å². The molecule has 0 aliphatic heterocycles. The van der Waals surface area contributed by atoms with Gasteiger partial charge in [-0.05, 0) is 31.7 Å². The van der Waals surface area contributed by atoms with Gasteiger partial charge in [0.1, 0.15) is 0 Å². The Morgan fingerprint density at radius 2 is 2.12 bits per heavy atom. The minimum atomic E-state index is 0.0705. The fourth-order valence-corrected chi connectivity index (χ4v) is 1.88. The van der Waals surface area contributed by atoms with E-state index < -0.39 is 0 Å². The monoisotopic (exact) mass is 230 g/mol. The summed E-state index contributed by atoms with van der Waals surface area (Å²) < 4.78 is 1.81. The maximum atomic E-state index is 4.57. The van der Waals surface area contributed by atoms with Crippen molar-refractivity contribution in [1.29, 1.82) is 0 Å². The van der Waals surface area contributed by atoms with E-state index in [4.69, 9.17) is 0 Å². The Morgan fingerprint density at radius 3 is 2.71 bits per heavy atom. The Balaban J connectivity index is 2.35. The maximum Gasteiger partial charge on any atom is 0.0943 e. The topological polar surface area (TPSA) is 42.7 Å². The molecule has 4 nitrogen and oxygen atoms in total. The maximum absolute atomic E-state index is 4.57. The molecule has 2 aromatic rings. The first-order chi connectivity index (χ1) is 8.20. The van der Waals surface area contributed by atoms with E-state index in [1.54, 1.807) is 0 Å². The first-order valence-electron chi connectivity index (χ1n) is 5.87. The number of rotatable bonds is 4. The van der Waals surface area contributed by atoms with Crippen LogP contribution in [0.2, 0.25) is 0 Å². The van der Waals surface area contributed by atoms with Gasteiger partial charge in [0.25, 0.3) is 0 Å². The predicted octanol–water partition coefficient (Wildman–Crippen LogP) is 1.82. The third kappa shape index (κ3) is 2.71. The molecule has 0 amide bonds. The van der Waals surface area contributed by atoms with Gasteiger partial charge in [0, 0.05) is 18.9 Å². The van der Waals surface area contributed by atoms with Crippen molar-refractivity contribution in [3.05, 3.63) is 47.5 Å². The minimum absolute atomic E-state index is 0.0705. The van der Waals surface area contributed by atoms with Crippen molar-refractivity contribution in [3.8, 4) is 0 Å². The number of hydrogen-bond donors (Lipinski definition) is 1. The van der Waals surface area contributed by atoms with Gasteiger partial charge in [0.15, 0.2) is 0 Å². The Bertz CT molecular complexity index is 490. The highest BCUT2D eigenvalue weighted by molar-refractivity contribution is 5.22. The van der Waals surface area contributed by atoms with E-state index in [1.165, 1.54) is 0 Å². The molecule has 1 unspecified atom stereocenters. The van der Waals surface area contributed by atoms with E-state index in [9.17, 15) is 0 Å². The molecule has 2 heterocycles. The minimum Gasteiger partial charge on any atom is -0.304 e. The lowest BCUT2D eigenvalue weighted by Crippen LogP contribution is -2.23. The summed E-state index contributed by atoms with van der Waals surface area (Å²) in [6.45, 7) is 4.98. The smallest absolute Gasteiger partial charge is 0.0943 e. The van der Waals surface area contributed by atoms with Crippen LogP contribution >= 0.6 is 0 Å². The van der Waals surface area contributed by atoms with E-state index >= 15 is 0 Å². The third-order valence-corrected chi connectivity index (χ3v) is 2.64. The largest absolute Gasteiger partial charge is 0.304 e. The molecule has 4 heteroatoms. The van der Waals surface area contributed by atoms with Crippen LogP contribution in [-0.4, -0.2) is 21.3 Å². The van der Waals surface area contributed by atoms with E-state index in [0.29, 0.717) is 0 Å². The lowest BCUT2D eigenvalue weighted by molar-refractivity contribution is 0.586. The lowest BCUT2D eigenvalue weighted by Gasteiger charge is -2.15. The standard InChI is InChI=1S/C13H18N4/c1-4-14-13(12-8-9-17(3)16-12)11-7-5-6-10(2)15-11/h5-9,13-14H,4H2,1-3H3. The van der Waals surface area contributed by atoms with Crippen LogP contribution in [0.25, 0.3) is 0 Å². The summed E-state index contributed by atoms with van der Waals surface area (Å²) in [5.41, 5.74) is 3.05. The highest BCUT2D eigenvalue weighted by Gasteiger charge is 2.16. The summed E-state index contributed by atoms with van der Waals surface area (Å²) >= 11 is 0. The van der Waals surface area contributed by atoms with Crippen LogP contribution in [0.3, 0.4) is 0 Å². The molecule has 0 spiro atoms. The van der Waals surface area contributed by atoms with Gasteiger partial charge in [-0.1, -0.05) is 13.0 Å². The molecule has 0 fully saturated rings. The first-order valence-corrected chi connectivity index (χ1v) is 5.87. The van der Waals surface area contributed by atoms with Crippen LogP contribution in [0.15, 0.2) is 30.5 Å². The first kappa shape index (κ1) is 11.8.